The number of hydrogen-bond donors (Lipinski definition) is 1. The molecule has 7 heteroatoms. The first-order valence-electron chi connectivity index (χ1n) is 7.85. The first-order chi connectivity index (χ1) is 12.6. The van der Waals surface area contributed by atoms with E-state index >= 15 is 0 Å². The Hall–Kier alpha value is -3.35. The summed E-state index contributed by atoms with van der Waals surface area (Å²) in [6.45, 7) is 0.127. The fourth-order valence-corrected chi connectivity index (χ4v) is 2.27. The fraction of sp³-hybridized carbons (Fsp3) is 0.211. The van der Waals surface area contributed by atoms with Gasteiger partial charge in [0.1, 0.15) is 5.71 Å². The Morgan fingerprint density at radius 3 is 2.65 bits per heavy atom. The van der Waals surface area contributed by atoms with Gasteiger partial charge in [-0.3, -0.25) is 9.78 Å². The van der Waals surface area contributed by atoms with Gasteiger partial charge in [-0.15, -0.1) is 0 Å². The van der Waals surface area contributed by atoms with Crippen LogP contribution in [0, 0.1) is 0 Å². The molecule has 2 aromatic rings. The summed E-state index contributed by atoms with van der Waals surface area (Å²) < 4.78 is 10.4. The van der Waals surface area contributed by atoms with Crippen LogP contribution in [0.25, 0.3) is 6.08 Å². The monoisotopic (exact) mass is 355 g/mol. The lowest BCUT2D eigenvalue weighted by molar-refractivity contribution is -0.124. The van der Waals surface area contributed by atoms with Crippen LogP contribution in [-0.2, 0) is 4.79 Å². The molecular formula is C19H21N3O4. The molecule has 1 amide bonds. The van der Waals surface area contributed by atoms with Gasteiger partial charge in [0.05, 0.1) is 20.8 Å². The average molecular weight is 355 g/mol. The molecule has 1 aromatic carbocycles. The van der Waals surface area contributed by atoms with Crippen LogP contribution in [0.5, 0.6) is 11.5 Å². The van der Waals surface area contributed by atoms with Gasteiger partial charge in [-0.25, -0.2) is 0 Å². The number of oxime groups is 1. The van der Waals surface area contributed by atoms with Crippen LogP contribution in [0.1, 0.15) is 11.1 Å². The van der Waals surface area contributed by atoms with Gasteiger partial charge in [0.2, 0.25) is 5.91 Å². The van der Waals surface area contributed by atoms with Crippen molar-refractivity contribution in [2.45, 2.75) is 0 Å². The minimum atomic E-state index is -0.226. The molecule has 136 valence electrons. The van der Waals surface area contributed by atoms with Gasteiger partial charge in [0.15, 0.2) is 11.5 Å². The number of carbonyl (C=O) groups is 1. The molecule has 1 N–H and O–H groups in total. The molecule has 0 bridgehead atoms. The summed E-state index contributed by atoms with van der Waals surface area (Å²) in [5, 5.41) is 12.7. The van der Waals surface area contributed by atoms with E-state index < -0.39 is 0 Å². The highest BCUT2D eigenvalue weighted by atomic mass is 16.5. The van der Waals surface area contributed by atoms with Crippen LogP contribution in [-0.4, -0.2) is 54.5 Å². The van der Waals surface area contributed by atoms with Gasteiger partial charge in [-0.1, -0.05) is 11.2 Å². The molecule has 0 saturated heterocycles. The second-order valence-electron chi connectivity index (χ2n) is 5.43. The third-order valence-electron chi connectivity index (χ3n) is 3.70. The number of rotatable bonds is 7. The molecule has 1 aromatic heterocycles. The number of ether oxygens (including phenoxy) is 2. The van der Waals surface area contributed by atoms with Gasteiger partial charge in [0.25, 0.3) is 0 Å². The van der Waals surface area contributed by atoms with E-state index in [0.717, 1.165) is 5.56 Å². The molecule has 7 nitrogen and oxygen atoms in total. The van der Waals surface area contributed by atoms with Crippen LogP contribution in [0.4, 0.5) is 0 Å². The Labute approximate surface area is 152 Å². The quantitative estimate of drug-likeness (QED) is 0.357. The Morgan fingerprint density at radius 2 is 2.04 bits per heavy atom. The van der Waals surface area contributed by atoms with E-state index in [0.29, 0.717) is 22.8 Å². The molecule has 2 rings (SSSR count). The maximum Gasteiger partial charge on any atom is 0.246 e. The molecule has 0 aliphatic rings. The summed E-state index contributed by atoms with van der Waals surface area (Å²) >= 11 is 0. The van der Waals surface area contributed by atoms with Crippen LogP contribution >= 0.6 is 0 Å². The lowest BCUT2D eigenvalue weighted by Crippen LogP contribution is -2.31. The van der Waals surface area contributed by atoms with E-state index in [1.807, 2.05) is 6.07 Å². The van der Waals surface area contributed by atoms with Gasteiger partial charge >= 0.3 is 0 Å². The van der Waals surface area contributed by atoms with Crippen molar-refractivity contribution in [3.63, 3.8) is 0 Å². The van der Waals surface area contributed by atoms with Gasteiger partial charge in [-0.2, -0.15) is 0 Å². The Balaban J connectivity index is 2.09. The minimum absolute atomic E-state index is 0.127. The Kier molecular flexibility index (Phi) is 6.73. The summed E-state index contributed by atoms with van der Waals surface area (Å²) in [5.41, 5.74) is 1.78. The van der Waals surface area contributed by atoms with E-state index in [9.17, 15) is 10.0 Å². The van der Waals surface area contributed by atoms with Crippen molar-refractivity contribution >= 4 is 17.7 Å². The predicted octanol–water partition coefficient (Wildman–Crippen LogP) is 2.45. The van der Waals surface area contributed by atoms with Gasteiger partial charge < -0.3 is 19.6 Å². The number of benzene rings is 1. The number of hydrogen-bond acceptors (Lipinski definition) is 6. The highest BCUT2D eigenvalue weighted by Gasteiger charge is 2.14. The zero-order valence-electron chi connectivity index (χ0n) is 14.9. The maximum atomic E-state index is 12.3. The van der Waals surface area contributed by atoms with Gasteiger partial charge in [-0.05, 0) is 35.9 Å². The Morgan fingerprint density at radius 1 is 1.27 bits per heavy atom. The summed E-state index contributed by atoms with van der Waals surface area (Å²) in [7, 11) is 4.69. The molecule has 0 unspecified atom stereocenters. The second kappa shape index (κ2) is 9.22. The largest absolute Gasteiger partial charge is 0.493 e. The summed E-state index contributed by atoms with van der Waals surface area (Å²) in [6.07, 6.45) is 6.45. The van der Waals surface area contributed by atoms with E-state index in [4.69, 9.17) is 9.47 Å². The van der Waals surface area contributed by atoms with Gasteiger partial charge in [0, 0.05) is 31.1 Å². The number of aromatic nitrogens is 1. The molecule has 0 aliphatic heterocycles. The van der Waals surface area contributed by atoms with E-state index in [2.05, 4.69) is 10.1 Å². The molecule has 0 fully saturated rings. The lowest BCUT2D eigenvalue weighted by Gasteiger charge is -2.17. The SMILES string of the molecule is COc1ccc(/C(CN(C)C(=O)/C=C/c2cccnc2)=N\O)cc1OC. The second-order valence-corrected chi connectivity index (χ2v) is 5.43. The molecule has 0 spiro atoms. The number of amides is 1. The van der Waals surface area contributed by atoms with E-state index in [-0.39, 0.29) is 12.5 Å². The maximum absolute atomic E-state index is 12.3. The third kappa shape index (κ3) is 4.83. The van der Waals surface area contributed by atoms with Crippen LogP contribution < -0.4 is 9.47 Å². The van der Waals surface area contributed by atoms with Crippen molar-refractivity contribution in [1.29, 1.82) is 0 Å². The molecule has 0 radical (unpaired) electrons. The normalized spacial score (nSPS) is 11.4. The molecule has 0 atom stereocenters. The van der Waals surface area contributed by atoms with E-state index in [1.165, 1.54) is 18.1 Å². The fourth-order valence-electron chi connectivity index (χ4n) is 2.27. The van der Waals surface area contributed by atoms with Crippen molar-refractivity contribution in [2.75, 3.05) is 27.8 Å². The van der Waals surface area contributed by atoms with Crippen molar-refractivity contribution in [1.82, 2.24) is 9.88 Å². The van der Waals surface area contributed by atoms with Crippen molar-refractivity contribution in [3.05, 3.63) is 59.9 Å². The molecule has 0 aliphatic carbocycles. The summed E-state index contributed by atoms with van der Waals surface area (Å²) in [5.74, 6) is 0.851. The lowest BCUT2D eigenvalue weighted by atomic mass is 10.1. The molecular weight excluding hydrogens is 334 g/mol. The zero-order valence-corrected chi connectivity index (χ0v) is 14.9. The van der Waals surface area contributed by atoms with Crippen LogP contribution in [0.2, 0.25) is 0 Å². The van der Waals surface area contributed by atoms with E-state index in [1.54, 1.807) is 56.9 Å². The number of nitrogens with zero attached hydrogens (tertiary/aromatic N) is 3. The first kappa shape index (κ1) is 19.0. The molecule has 26 heavy (non-hydrogen) atoms. The zero-order chi connectivity index (χ0) is 18.9. The van der Waals surface area contributed by atoms with Crippen LogP contribution in [0.15, 0.2) is 54.0 Å². The third-order valence-corrected chi connectivity index (χ3v) is 3.70. The molecule has 1 heterocycles. The highest BCUT2D eigenvalue weighted by Crippen LogP contribution is 2.27. The molecule has 0 saturated carbocycles. The average Bonchev–Trinajstić information content (AvgIpc) is 2.70. The first-order valence-corrected chi connectivity index (χ1v) is 7.85. The number of methoxy groups -OCH3 is 2. The highest BCUT2D eigenvalue weighted by molar-refractivity contribution is 6.04. The smallest absolute Gasteiger partial charge is 0.246 e. The summed E-state index contributed by atoms with van der Waals surface area (Å²) in [6, 6.07) is 8.78. The summed E-state index contributed by atoms with van der Waals surface area (Å²) in [4.78, 5) is 17.7. The van der Waals surface area contributed by atoms with Crippen molar-refractivity contribution in [2.24, 2.45) is 5.16 Å². The van der Waals surface area contributed by atoms with Crippen LogP contribution in [0.3, 0.4) is 0 Å². The number of carbonyl (C=O) groups excluding carboxylic acids is 1. The standard InChI is InChI=1S/C19H21N3O4/c1-22(19(23)9-6-14-5-4-10-20-12-14)13-16(21-24)15-7-8-17(25-2)18(11-15)26-3/h4-12,24H,13H2,1-3H3/b9-6+,21-16-. The minimum Gasteiger partial charge on any atom is -0.493 e. The number of pyridine rings is 1. The van der Waals surface area contributed by atoms with Crippen molar-refractivity contribution in [3.8, 4) is 11.5 Å². The topological polar surface area (TPSA) is 84.2 Å². The Bertz CT molecular complexity index is 804. The van der Waals surface area contributed by atoms with Crippen molar-refractivity contribution < 1.29 is 19.5 Å². The predicted molar refractivity (Wildman–Crippen MR) is 98.8 cm³/mol. The number of likely N-dealkylation sites (N-methyl/N-ethyl adjacent to an activating group) is 1.